The van der Waals surface area contributed by atoms with E-state index < -0.39 is 0 Å². The second-order valence-electron chi connectivity index (χ2n) is 4.52. The van der Waals surface area contributed by atoms with Crippen molar-refractivity contribution in [2.24, 2.45) is 5.41 Å². The van der Waals surface area contributed by atoms with E-state index in [1.807, 2.05) is 0 Å². The highest BCUT2D eigenvalue weighted by atomic mass is 14.2. The zero-order valence-corrected chi connectivity index (χ0v) is 9.20. The van der Waals surface area contributed by atoms with Crippen molar-refractivity contribution in [1.29, 1.82) is 0 Å². The molecule has 0 aromatic rings. The molecule has 0 nitrogen and oxygen atoms in total. The molecule has 70 valence electrons. The van der Waals surface area contributed by atoms with Gasteiger partial charge < -0.3 is 0 Å². The predicted molar refractivity (Wildman–Crippen MR) is 57.3 cm³/mol. The highest BCUT2D eigenvalue weighted by Gasteiger charge is 2.15. The minimum absolute atomic E-state index is 0.324. The molecule has 0 atom stereocenters. The molecular weight excluding hydrogens is 144 g/mol. The van der Waals surface area contributed by atoms with Crippen molar-refractivity contribution in [2.75, 3.05) is 0 Å². The summed E-state index contributed by atoms with van der Waals surface area (Å²) >= 11 is 0. The SMILES string of the molecule is C=C(C)CC/C(=C\C)C(C)(C)C. The van der Waals surface area contributed by atoms with Crippen molar-refractivity contribution < 1.29 is 0 Å². The molecule has 0 rings (SSSR count). The van der Waals surface area contributed by atoms with Gasteiger partial charge in [0.1, 0.15) is 0 Å². The van der Waals surface area contributed by atoms with E-state index in [-0.39, 0.29) is 0 Å². The standard InChI is InChI=1S/C12H22/c1-7-11(12(4,5)6)9-8-10(2)3/h7H,2,8-9H2,1,3-6H3/b11-7+. The molecule has 0 aromatic carbocycles. The molecule has 0 aliphatic heterocycles. The van der Waals surface area contributed by atoms with Crippen molar-refractivity contribution in [2.45, 2.75) is 47.5 Å². The van der Waals surface area contributed by atoms with Gasteiger partial charge in [0.15, 0.2) is 0 Å². The highest BCUT2D eigenvalue weighted by Crippen LogP contribution is 2.29. The van der Waals surface area contributed by atoms with Gasteiger partial charge in [0.2, 0.25) is 0 Å². The third-order valence-electron chi connectivity index (χ3n) is 2.13. The Morgan fingerprint density at radius 1 is 1.25 bits per heavy atom. The van der Waals surface area contributed by atoms with Gasteiger partial charge >= 0.3 is 0 Å². The minimum Gasteiger partial charge on any atom is -0.100 e. The molecule has 0 fully saturated rings. The van der Waals surface area contributed by atoms with E-state index in [9.17, 15) is 0 Å². The molecule has 0 amide bonds. The van der Waals surface area contributed by atoms with Crippen molar-refractivity contribution in [3.8, 4) is 0 Å². The van der Waals surface area contributed by atoms with Crippen LogP contribution in [-0.2, 0) is 0 Å². The van der Waals surface area contributed by atoms with E-state index >= 15 is 0 Å². The van der Waals surface area contributed by atoms with Crippen molar-refractivity contribution in [1.82, 2.24) is 0 Å². The summed E-state index contributed by atoms with van der Waals surface area (Å²) in [4.78, 5) is 0. The molecular formula is C12H22. The van der Waals surface area contributed by atoms with Crippen LogP contribution in [0.5, 0.6) is 0 Å². The first kappa shape index (κ1) is 11.5. The summed E-state index contributed by atoms with van der Waals surface area (Å²) in [6.07, 6.45) is 4.52. The average Bonchev–Trinajstić information content (AvgIpc) is 1.85. The number of hydrogen-bond donors (Lipinski definition) is 0. The fraction of sp³-hybridized carbons (Fsp3) is 0.667. The Balaban J connectivity index is 4.13. The molecule has 0 spiro atoms. The Labute approximate surface area is 77.4 Å². The van der Waals surface area contributed by atoms with Gasteiger partial charge in [-0.1, -0.05) is 38.0 Å². The summed E-state index contributed by atoms with van der Waals surface area (Å²) in [7, 11) is 0. The molecule has 0 radical (unpaired) electrons. The predicted octanol–water partition coefficient (Wildman–Crippen LogP) is 4.34. The first-order chi connectivity index (χ1) is 5.38. The van der Waals surface area contributed by atoms with Gasteiger partial charge in [0.25, 0.3) is 0 Å². The van der Waals surface area contributed by atoms with Gasteiger partial charge in [-0.15, -0.1) is 6.58 Å². The molecule has 12 heavy (non-hydrogen) atoms. The van der Waals surface area contributed by atoms with Crippen LogP contribution in [0.4, 0.5) is 0 Å². The summed E-state index contributed by atoms with van der Waals surface area (Å²) in [5.41, 5.74) is 3.13. The van der Waals surface area contributed by atoms with Crippen LogP contribution >= 0.6 is 0 Å². The second kappa shape index (κ2) is 4.49. The van der Waals surface area contributed by atoms with Gasteiger partial charge in [-0.2, -0.15) is 0 Å². The maximum Gasteiger partial charge on any atom is -0.0173 e. The first-order valence-corrected chi connectivity index (χ1v) is 4.68. The average molecular weight is 166 g/mol. The smallest absolute Gasteiger partial charge is 0.0173 e. The molecule has 0 heteroatoms. The van der Waals surface area contributed by atoms with Crippen molar-refractivity contribution in [3.05, 3.63) is 23.8 Å². The van der Waals surface area contributed by atoms with Gasteiger partial charge in [0.05, 0.1) is 0 Å². The third-order valence-corrected chi connectivity index (χ3v) is 2.13. The van der Waals surface area contributed by atoms with E-state index in [2.05, 4.69) is 47.3 Å². The Hall–Kier alpha value is -0.520. The lowest BCUT2D eigenvalue weighted by molar-refractivity contribution is 0.481. The fourth-order valence-electron chi connectivity index (χ4n) is 1.30. The van der Waals surface area contributed by atoms with Crippen LogP contribution in [0.1, 0.15) is 47.5 Å². The van der Waals surface area contributed by atoms with Gasteiger partial charge in [0, 0.05) is 0 Å². The summed E-state index contributed by atoms with van der Waals surface area (Å²) in [6, 6.07) is 0. The van der Waals surface area contributed by atoms with Crippen LogP contribution in [-0.4, -0.2) is 0 Å². The molecule has 0 unspecified atom stereocenters. The molecule has 0 heterocycles. The Morgan fingerprint density at radius 3 is 2.00 bits per heavy atom. The molecule has 0 bridgehead atoms. The van der Waals surface area contributed by atoms with Crippen LogP contribution in [0, 0.1) is 5.41 Å². The largest absolute Gasteiger partial charge is 0.100 e. The lowest BCUT2D eigenvalue weighted by atomic mass is 9.83. The first-order valence-electron chi connectivity index (χ1n) is 4.68. The maximum absolute atomic E-state index is 3.92. The van der Waals surface area contributed by atoms with Crippen molar-refractivity contribution in [3.63, 3.8) is 0 Å². The van der Waals surface area contributed by atoms with Crippen LogP contribution in [0.3, 0.4) is 0 Å². The van der Waals surface area contributed by atoms with E-state index in [0.717, 1.165) is 12.8 Å². The molecule has 0 aliphatic rings. The fourth-order valence-corrected chi connectivity index (χ4v) is 1.30. The zero-order chi connectivity index (χ0) is 9.78. The maximum atomic E-state index is 3.92. The van der Waals surface area contributed by atoms with Crippen LogP contribution in [0.15, 0.2) is 23.8 Å². The Bertz CT molecular complexity index is 177. The minimum atomic E-state index is 0.324. The van der Waals surface area contributed by atoms with Crippen LogP contribution in [0.2, 0.25) is 0 Å². The molecule has 0 aliphatic carbocycles. The summed E-state index contributed by atoms with van der Waals surface area (Å²) in [6.45, 7) is 14.9. The van der Waals surface area contributed by atoms with Gasteiger partial charge in [-0.05, 0) is 32.1 Å². The summed E-state index contributed by atoms with van der Waals surface area (Å²) < 4.78 is 0. The lowest BCUT2D eigenvalue weighted by Crippen LogP contribution is -2.09. The van der Waals surface area contributed by atoms with Gasteiger partial charge in [-0.3, -0.25) is 0 Å². The lowest BCUT2D eigenvalue weighted by Gasteiger charge is -2.23. The van der Waals surface area contributed by atoms with E-state index in [1.165, 1.54) is 11.1 Å². The van der Waals surface area contributed by atoms with Gasteiger partial charge in [-0.25, -0.2) is 0 Å². The van der Waals surface area contributed by atoms with Crippen LogP contribution in [0.25, 0.3) is 0 Å². The van der Waals surface area contributed by atoms with Crippen molar-refractivity contribution >= 4 is 0 Å². The van der Waals surface area contributed by atoms with E-state index in [0.29, 0.717) is 5.41 Å². The third kappa shape index (κ3) is 4.38. The summed E-state index contributed by atoms with van der Waals surface area (Å²) in [5, 5.41) is 0. The number of hydrogen-bond acceptors (Lipinski definition) is 0. The Morgan fingerprint density at radius 2 is 1.75 bits per heavy atom. The van der Waals surface area contributed by atoms with Crippen LogP contribution < -0.4 is 0 Å². The molecule has 0 aromatic heterocycles. The molecule has 0 N–H and O–H groups in total. The molecule has 0 saturated heterocycles. The van der Waals surface area contributed by atoms with E-state index in [1.54, 1.807) is 0 Å². The topological polar surface area (TPSA) is 0 Å². The zero-order valence-electron chi connectivity index (χ0n) is 9.20. The number of allylic oxidation sites excluding steroid dienone is 3. The highest BCUT2D eigenvalue weighted by molar-refractivity contribution is 5.11. The molecule has 0 saturated carbocycles. The summed E-state index contributed by atoms with van der Waals surface area (Å²) in [5.74, 6) is 0. The normalized spacial score (nSPS) is 13.2. The van der Waals surface area contributed by atoms with E-state index in [4.69, 9.17) is 0 Å². The monoisotopic (exact) mass is 166 g/mol. The number of rotatable bonds is 3. The second-order valence-corrected chi connectivity index (χ2v) is 4.52. The quantitative estimate of drug-likeness (QED) is 0.547. The Kier molecular flexibility index (Phi) is 4.30.